The lowest BCUT2D eigenvalue weighted by Crippen LogP contribution is -1.90. The van der Waals surface area contributed by atoms with E-state index in [0.717, 1.165) is 16.9 Å². The lowest BCUT2D eigenvalue weighted by molar-refractivity contribution is 0.393. The first-order chi connectivity index (χ1) is 11.3. The molecule has 7 heteroatoms. The molecule has 23 heavy (non-hydrogen) atoms. The Balaban J connectivity index is 1.76. The summed E-state index contributed by atoms with van der Waals surface area (Å²) in [6, 6.07) is 9.34. The lowest BCUT2D eigenvalue weighted by atomic mass is 10.2. The summed E-state index contributed by atoms with van der Waals surface area (Å²) in [5, 5.41) is 8.66. The molecule has 0 saturated heterocycles. The number of hydrogen-bond acceptors (Lipinski definition) is 7. The Hall–Kier alpha value is -2.54. The standard InChI is InChI=1S/C16H15N3O3S/c1-20-12-5-6-13(14(8-12)21-2)15-18-19-16(22-15)23-10-11-4-3-7-17-9-11/h3-9H,10H2,1-2H3. The molecule has 6 nitrogen and oxygen atoms in total. The Kier molecular flexibility index (Phi) is 4.77. The SMILES string of the molecule is COc1ccc(-c2nnc(SCc3cccnc3)o2)c(OC)c1. The number of pyridine rings is 1. The molecule has 3 aromatic rings. The van der Waals surface area contributed by atoms with Gasteiger partial charge in [-0.1, -0.05) is 17.8 Å². The highest BCUT2D eigenvalue weighted by atomic mass is 32.2. The minimum Gasteiger partial charge on any atom is -0.497 e. The predicted molar refractivity (Wildman–Crippen MR) is 86.6 cm³/mol. The zero-order chi connectivity index (χ0) is 16.1. The van der Waals surface area contributed by atoms with Crippen LogP contribution in [0.2, 0.25) is 0 Å². The third-order valence-electron chi connectivity index (χ3n) is 3.13. The summed E-state index contributed by atoms with van der Waals surface area (Å²) in [6.07, 6.45) is 3.56. The van der Waals surface area contributed by atoms with Gasteiger partial charge in [-0.2, -0.15) is 0 Å². The number of methoxy groups -OCH3 is 2. The van der Waals surface area contributed by atoms with Crippen molar-refractivity contribution in [3.8, 4) is 23.0 Å². The van der Waals surface area contributed by atoms with E-state index in [0.29, 0.717) is 22.6 Å². The van der Waals surface area contributed by atoms with Gasteiger partial charge < -0.3 is 13.9 Å². The van der Waals surface area contributed by atoms with Gasteiger partial charge in [-0.25, -0.2) is 0 Å². The van der Waals surface area contributed by atoms with Crippen LogP contribution in [0, 0.1) is 0 Å². The highest BCUT2D eigenvalue weighted by Crippen LogP contribution is 2.34. The fourth-order valence-electron chi connectivity index (χ4n) is 1.98. The first-order valence-electron chi connectivity index (χ1n) is 6.88. The molecule has 0 saturated carbocycles. The molecule has 0 unspecified atom stereocenters. The second-order valence-corrected chi connectivity index (χ2v) is 5.52. The van der Waals surface area contributed by atoms with Gasteiger partial charge in [0.25, 0.3) is 11.1 Å². The van der Waals surface area contributed by atoms with Crippen molar-refractivity contribution in [1.29, 1.82) is 0 Å². The van der Waals surface area contributed by atoms with Crippen LogP contribution in [0.3, 0.4) is 0 Å². The van der Waals surface area contributed by atoms with Gasteiger partial charge in [-0.05, 0) is 23.8 Å². The van der Waals surface area contributed by atoms with Crippen LogP contribution >= 0.6 is 11.8 Å². The molecule has 0 aliphatic rings. The van der Waals surface area contributed by atoms with E-state index in [4.69, 9.17) is 13.9 Å². The first-order valence-corrected chi connectivity index (χ1v) is 7.86. The minimum absolute atomic E-state index is 0.415. The van der Waals surface area contributed by atoms with Crippen molar-refractivity contribution in [2.45, 2.75) is 11.0 Å². The number of rotatable bonds is 6. The highest BCUT2D eigenvalue weighted by Gasteiger charge is 2.14. The van der Waals surface area contributed by atoms with Gasteiger partial charge in [-0.15, -0.1) is 10.2 Å². The van der Waals surface area contributed by atoms with Crippen molar-refractivity contribution < 1.29 is 13.9 Å². The highest BCUT2D eigenvalue weighted by molar-refractivity contribution is 7.98. The van der Waals surface area contributed by atoms with E-state index in [1.807, 2.05) is 30.5 Å². The summed E-state index contributed by atoms with van der Waals surface area (Å²) >= 11 is 1.46. The number of hydrogen-bond donors (Lipinski definition) is 0. The van der Waals surface area contributed by atoms with Crippen LogP contribution < -0.4 is 9.47 Å². The average Bonchev–Trinajstić information content (AvgIpc) is 3.09. The van der Waals surface area contributed by atoms with Crippen LogP contribution in [0.15, 0.2) is 52.4 Å². The molecule has 0 spiro atoms. The molecule has 0 radical (unpaired) electrons. The van der Waals surface area contributed by atoms with Crippen LogP contribution in [0.4, 0.5) is 0 Å². The van der Waals surface area contributed by atoms with E-state index in [1.54, 1.807) is 26.5 Å². The maximum Gasteiger partial charge on any atom is 0.277 e. The van der Waals surface area contributed by atoms with Gasteiger partial charge in [0.1, 0.15) is 11.5 Å². The van der Waals surface area contributed by atoms with Crippen LogP contribution in [0.5, 0.6) is 11.5 Å². The summed E-state index contributed by atoms with van der Waals surface area (Å²) < 4.78 is 16.2. The summed E-state index contributed by atoms with van der Waals surface area (Å²) in [6.45, 7) is 0. The zero-order valence-corrected chi connectivity index (χ0v) is 13.5. The van der Waals surface area contributed by atoms with Crippen LogP contribution in [-0.2, 0) is 5.75 Å². The molecule has 0 aliphatic carbocycles. The number of nitrogens with zero attached hydrogens (tertiary/aromatic N) is 3. The monoisotopic (exact) mass is 329 g/mol. The third kappa shape index (κ3) is 3.62. The molecule has 0 amide bonds. The zero-order valence-electron chi connectivity index (χ0n) is 12.7. The summed E-state index contributed by atoms with van der Waals surface area (Å²) in [4.78, 5) is 4.08. The molecule has 0 bridgehead atoms. The maximum absolute atomic E-state index is 5.71. The van der Waals surface area contributed by atoms with E-state index in [-0.39, 0.29) is 0 Å². The van der Waals surface area contributed by atoms with E-state index < -0.39 is 0 Å². The smallest absolute Gasteiger partial charge is 0.277 e. The molecule has 2 aromatic heterocycles. The predicted octanol–water partition coefficient (Wildman–Crippen LogP) is 3.44. The summed E-state index contributed by atoms with van der Waals surface area (Å²) in [5.74, 6) is 2.46. The number of thioether (sulfide) groups is 1. The summed E-state index contributed by atoms with van der Waals surface area (Å²) in [5.41, 5.74) is 1.83. The van der Waals surface area contributed by atoms with Gasteiger partial charge in [-0.3, -0.25) is 4.98 Å². The van der Waals surface area contributed by atoms with Crippen LogP contribution in [0.1, 0.15) is 5.56 Å². The van der Waals surface area contributed by atoms with E-state index in [2.05, 4.69) is 15.2 Å². The quantitative estimate of drug-likeness (QED) is 0.641. The molecule has 118 valence electrons. The van der Waals surface area contributed by atoms with Crippen molar-refractivity contribution >= 4 is 11.8 Å². The van der Waals surface area contributed by atoms with Crippen molar-refractivity contribution in [2.75, 3.05) is 14.2 Å². The first kappa shape index (κ1) is 15.4. The number of ether oxygens (including phenoxy) is 2. The Morgan fingerprint density at radius 2 is 2.04 bits per heavy atom. The molecule has 1 aromatic carbocycles. The lowest BCUT2D eigenvalue weighted by Gasteiger charge is -2.07. The third-order valence-corrected chi connectivity index (χ3v) is 4.02. The maximum atomic E-state index is 5.71. The fraction of sp³-hybridized carbons (Fsp3) is 0.188. The van der Waals surface area contributed by atoms with Crippen LogP contribution in [-0.4, -0.2) is 29.4 Å². The molecule has 0 N–H and O–H groups in total. The second-order valence-electron chi connectivity index (χ2n) is 4.59. The van der Waals surface area contributed by atoms with E-state index >= 15 is 0 Å². The normalized spacial score (nSPS) is 10.5. The molecule has 0 aliphatic heterocycles. The van der Waals surface area contributed by atoms with Crippen LogP contribution in [0.25, 0.3) is 11.5 Å². The second kappa shape index (κ2) is 7.15. The molecule has 0 fully saturated rings. The van der Waals surface area contributed by atoms with Gasteiger partial charge in [0.15, 0.2) is 0 Å². The fourth-order valence-corrected chi connectivity index (χ4v) is 2.68. The Morgan fingerprint density at radius 1 is 1.13 bits per heavy atom. The topological polar surface area (TPSA) is 70.3 Å². The largest absolute Gasteiger partial charge is 0.497 e. The van der Waals surface area contributed by atoms with Crippen molar-refractivity contribution in [3.63, 3.8) is 0 Å². The Morgan fingerprint density at radius 3 is 2.78 bits per heavy atom. The minimum atomic E-state index is 0.415. The van der Waals surface area contributed by atoms with E-state index in [1.165, 1.54) is 11.8 Å². The Labute approximate surface area is 137 Å². The number of benzene rings is 1. The van der Waals surface area contributed by atoms with Crippen molar-refractivity contribution in [1.82, 2.24) is 15.2 Å². The average molecular weight is 329 g/mol. The molecular weight excluding hydrogens is 314 g/mol. The van der Waals surface area contributed by atoms with Gasteiger partial charge >= 0.3 is 0 Å². The van der Waals surface area contributed by atoms with Crippen molar-refractivity contribution in [2.24, 2.45) is 0 Å². The summed E-state index contributed by atoms with van der Waals surface area (Å²) in [7, 11) is 3.20. The molecular formula is C16H15N3O3S. The molecule has 0 atom stereocenters. The van der Waals surface area contributed by atoms with Gasteiger partial charge in [0.05, 0.1) is 19.8 Å². The molecule has 2 heterocycles. The Bertz CT molecular complexity index is 777. The molecule has 3 rings (SSSR count). The van der Waals surface area contributed by atoms with Gasteiger partial charge in [0.2, 0.25) is 0 Å². The van der Waals surface area contributed by atoms with Gasteiger partial charge in [0, 0.05) is 24.2 Å². The number of aromatic nitrogens is 3. The van der Waals surface area contributed by atoms with Crippen molar-refractivity contribution in [3.05, 3.63) is 48.3 Å². The van der Waals surface area contributed by atoms with E-state index in [9.17, 15) is 0 Å².